The fourth-order valence-electron chi connectivity index (χ4n) is 2.64. The van der Waals surface area contributed by atoms with Gasteiger partial charge >= 0.3 is 0 Å². The Morgan fingerprint density at radius 2 is 1.30 bits per heavy atom. The van der Waals surface area contributed by atoms with E-state index in [1.165, 1.54) is 0 Å². The number of hydrogen-bond donors (Lipinski definition) is 1. The van der Waals surface area contributed by atoms with Crippen LogP contribution in [0.2, 0.25) is 0 Å². The Labute approximate surface area is 143 Å². The standard InChI is InChI=1S/C20H35N3/c1-6-13-21-14-11-20(23(17-9-4)18-10-5)12-19-22(15-7-2)16-8-3/h6-10,20-21H,1-5,11-19H2. The summed E-state index contributed by atoms with van der Waals surface area (Å²) in [6, 6.07) is 0.500. The summed E-state index contributed by atoms with van der Waals surface area (Å²) in [5, 5.41) is 3.40. The molecule has 0 saturated heterocycles. The zero-order valence-electron chi connectivity index (χ0n) is 14.8. The Balaban J connectivity index is 4.67. The van der Waals surface area contributed by atoms with E-state index in [0.717, 1.165) is 58.7 Å². The summed E-state index contributed by atoms with van der Waals surface area (Å²) in [7, 11) is 0. The van der Waals surface area contributed by atoms with Crippen LogP contribution in [-0.4, -0.2) is 61.7 Å². The molecule has 23 heavy (non-hydrogen) atoms. The lowest BCUT2D eigenvalue weighted by molar-refractivity contribution is 0.192. The van der Waals surface area contributed by atoms with E-state index in [-0.39, 0.29) is 0 Å². The summed E-state index contributed by atoms with van der Waals surface area (Å²) in [4.78, 5) is 4.81. The molecule has 0 aliphatic rings. The molecule has 1 N–H and O–H groups in total. The Bertz CT molecular complexity index is 329. The van der Waals surface area contributed by atoms with Crippen molar-refractivity contribution in [2.24, 2.45) is 0 Å². The molecule has 0 aromatic rings. The quantitative estimate of drug-likeness (QED) is 0.328. The van der Waals surface area contributed by atoms with Gasteiger partial charge in [0.1, 0.15) is 0 Å². The normalized spacial score (nSPS) is 12.1. The van der Waals surface area contributed by atoms with E-state index < -0.39 is 0 Å². The molecule has 0 heterocycles. The molecule has 0 radical (unpaired) electrons. The molecule has 1 atom stereocenters. The van der Waals surface area contributed by atoms with Crippen molar-refractivity contribution >= 4 is 0 Å². The summed E-state index contributed by atoms with van der Waals surface area (Å²) in [5.74, 6) is 0. The molecule has 0 amide bonds. The highest BCUT2D eigenvalue weighted by atomic mass is 15.2. The van der Waals surface area contributed by atoms with Crippen LogP contribution in [0.25, 0.3) is 0 Å². The van der Waals surface area contributed by atoms with Gasteiger partial charge in [0.15, 0.2) is 0 Å². The highest BCUT2D eigenvalue weighted by Crippen LogP contribution is 2.10. The van der Waals surface area contributed by atoms with Gasteiger partial charge in [0, 0.05) is 45.3 Å². The van der Waals surface area contributed by atoms with Crippen LogP contribution >= 0.6 is 0 Å². The smallest absolute Gasteiger partial charge is 0.0166 e. The fraction of sp³-hybridized carbons (Fsp3) is 0.500. The van der Waals surface area contributed by atoms with Gasteiger partial charge in [-0.25, -0.2) is 0 Å². The van der Waals surface area contributed by atoms with Gasteiger partial charge in [-0.05, 0) is 19.4 Å². The minimum absolute atomic E-state index is 0.500. The number of nitrogens with zero attached hydrogens (tertiary/aromatic N) is 2. The van der Waals surface area contributed by atoms with Crippen LogP contribution in [0.3, 0.4) is 0 Å². The van der Waals surface area contributed by atoms with E-state index in [4.69, 9.17) is 0 Å². The predicted octanol–water partition coefficient (Wildman–Crippen LogP) is 3.26. The van der Waals surface area contributed by atoms with E-state index >= 15 is 0 Å². The van der Waals surface area contributed by atoms with Crippen LogP contribution in [0.15, 0.2) is 63.3 Å². The molecule has 3 heteroatoms. The second kappa shape index (κ2) is 15.5. The van der Waals surface area contributed by atoms with Gasteiger partial charge in [0.2, 0.25) is 0 Å². The Morgan fingerprint density at radius 3 is 1.78 bits per heavy atom. The molecule has 0 aromatic carbocycles. The van der Waals surface area contributed by atoms with Gasteiger partial charge in [-0.15, -0.1) is 32.9 Å². The van der Waals surface area contributed by atoms with Gasteiger partial charge in [0.25, 0.3) is 0 Å². The lowest BCUT2D eigenvalue weighted by atomic mass is 10.1. The molecule has 0 spiro atoms. The maximum Gasteiger partial charge on any atom is 0.0166 e. The minimum Gasteiger partial charge on any atom is -0.313 e. The van der Waals surface area contributed by atoms with Crippen molar-refractivity contribution in [3.05, 3.63) is 63.3 Å². The van der Waals surface area contributed by atoms with Gasteiger partial charge in [0.05, 0.1) is 0 Å². The van der Waals surface area contributed by atoms with Gasteiger partial charge in [-0.1, -0.05) is 30.4 Å². The van der Waals surface area contributed by atoms with E-state index in [1.807, 2.05) is 30.4 Å². The molecule has 0 aliphatic heterocycles. The summed E-state index contributed by atoms with van der Waals surface area (Å²) >= 11 is 0. The third-order valence-electron chi connectivity index (χ3n) is 3.74. The first-order valence-electron chi connectivity index (χ1n) is 8.45. The molecule has 0 aliphatic carbocycles. The Kier molecular flexibility index (Phi) is 14.5. The van der Waals surface area contributed by atoms with Crippen molar-refractivity contribution in [1.82, 2.24) is 15.1 Å². The number of nitrogens with one attached hydrogen (secondary N) is 1. The molecule has 130 valence electrons. The second-order valence-electron chi connectivity index (χ2n) is 5.59. The average Bonchev–Trinajstić information content (AvgIpc) is 2.54. The summed E-state index contributed by atoms with van der Waals surface area (Å²) < 4.78 is 0. The maximum absolute atomic E-state index is 3.89. The first kappa shape index (κ1) is 21.6. The molecule has 0 aromatic heterocycles. The van der Waals surface area contributed by atoms with Crippen LogP contribution in [0.1, 0.15) is 12.8 Å². The number of hydrogen-bond acceptors (Lipinski definition) is 3. The SMILES string of the molecule is C=CCNCCC(CCN(CC=C)CC=C)N(CC=C)CC=C. The van der Waals surface area contributed by atoms with Crippen LogP contribution < -0.4 is 5.32 Å². The molecule has 0 bridgehead atoms. The van der Waals surface area contributed by atoms with Crippen molar-refractivity contribution in [3.8, 4) is 0 Å². The summed E-state index contributed by atoms with van der Waals surface area (Å²) in [6.45, 7) is 25.7. The topological polar surface area (TPSA) is 18.5 Å². The lowest BCUT2D eigenvalue weighted by Gasteiger charge is -2.32. The molecule has 1 unspecified atom stereocenters. The first-order chi connectivity index (χ1) is 11.2. The van der Waals surface area contributed by atoms with Crippen LogP contribution in [0.5, 0.6) is 0 Å². The fourth-order valence-corrected chi connectivity index (χ4v) is 2.64. The molecule has 0 rings (SSSR count). The zero-order valence-corrected chi connectivity index (χ0v) is 14.8. The van der Waals surface area contributed by atoms with Crippen molar-refractivity contribution < 1.29 is 0 Å². The monoisotopic (exact) mass is 317 g/mol. The Hall–Kier alpha value is -1.42. The van der Waals surface area contributed by atoms with E-state index in [0.29, 0.717) is 6.04 Å². The molecule has 0 fully saturated rings. The maximum atomic E-state index is 3.89. The van der Waals surface area contributed by atoms with Crippen molar-refractivity contribution in [1.29, 1.82) is 0 Å². The Morgan fingerprint density at radius 1 is 0.739 bits per heavy atom. The van der Waals surface area contributed by atoms with Crippen LogP contribution in [-0.2, 0) is 0 Å². The highest BCUT2D eigenvalue weighted by molar-refractivity contribution is 4.87. The number of rotatable bonds is 17. The van der Waals surface area contributed by atoms with Gasteiger partial charge in [-0.2, -0.15) is 0 Å². The molecule has 3 nitrogen and oxygen atoms in total. The predicted molar refractivity (Wildman–Crippen MR) is 105 cm³/mol. The van der Waals surface area contributed by atoms with Crippen LogP contribution in [0, 0.1) is 0 Å². The largest absolute Gasteiger partial charge is 0.313 e. The van der Waals surface area contributed by atoms with Crippen molar-refractivity contribution in [2.45, 2.75) is 18.9 Å². The van der Waals surface area contributed by atoms with Gasteiger partial charge < -0.3 is 5.32 Å². The third kappa shape index (κ3) is 10.9. The van der Waals surface area contributed by atoms with E-state index in [9.17, 15) is 0 Å². The summed E-state index contributed by atoms with van der Waals surface area (Å²) in [5.41, 5.74) is 0. The molecular weight excluding hydrogens is 282 g/mol. The van der Waals surface area contributed by atoms with Crippen molar-refractivity contribution in [2.75, 3.05) is 45.8 Å². The van der Waals surface area contributed by atoms with E-state index in [1.54, 1.807) is 0 Å². The van der Waals surface area contributed by atoms with Crippen LogP contribution in [0.4, 0.5) is 0 Å². The summed E-state index contributed by atoms with van der Waals surface area (Å²) in [6.07, 6.45) is 12.0. The molecule has 0 saturated carbocycles. The second-order valence-corrected chi connectivity index (χ2v) is 5.59. The van der Waals surface area contributed by atoms with E-state index in [2.05, 4.69) is 48.0 Å². The van der Waals surface area contributed by atoms with Gasteiger partial charge in [-0.3, -0.25) is 9.80 Å². The zero-order chi connectivity index (χ0) is 17.3. The highest BCUT2D eigenvalue weighted by Gasteiger charge is 2.17. The van der Waals surface area contributed by atoms with Crippen molar-refractivity contribution in [3.63, 3.8) is 0 Å². The first-order valence-corrected chi connectivity index (χ1v) is 8.45. The minimum atomic E-state index is 0.500. The third-order valence-corrected chi connectivity index (χ3v) is 3.74. The average molecular weight is 318 g/mol. The molecular formula is C20H35N3. The lowest BCUT2D eigenvalue weighted by Crippen LogP contribution is -2.40.